The first-order valence-electron chi connectivity index (χ1n) is 10.5. The minimum atomic E-state index is -0.786. The molecule has 6 nitrogen and oxygen atoms in total. The first-order valence-corrected chi connectivity index (χ1v) is 12.5. The van der Waals surface area contributed by atoms with Gasteiger partial charge in [-0.05, 0) is 98.8 Å². The summed E-state index contributed by atoms with van der Waals surface area (Å²) in [6.07, 6.45) is 1.44. The molecule has 1 aliphatic rings. The van der Waals surface area contributed by atoms with Crippen LogP contribution >= 0.6 is 43.5 Å². The third kappa shape index (κ3) is 5.34. The van der Waals surface area contributed by atoms with E-state index in [2.05, 4.69) is 37.2 Å². The quantitative estimate of drug-likeness (QED) is 0.254. The smallest absolute Gasteiger partial charge is 0.335 e. The highest BCUT2D eigenvalue weighted by Gasteiger charge is 2.37. The number of halogens is 3. The number of carbonyl (C=O) groups excluding carboxylic acids is 3. The Morgan fingerprint density at radius 1 is 0.971 bits per heavy atom. The number of nitrogens with one attached hydrogen (secondary N) is 1. The number of ether oxygens (including phenoxy) is 1. The van der Waals surface area contributed by atoms with Gasteiger partial charge in [-0.3, -0.25) is 14.9 Å². The summed E-state index contributed by atoms with van der Waals surface area (Å²) in [4.78, 5) is 39.2. The standard InChI is InChI=1S/C26H19Br2ClN2O4/c1-14-7-8-18(9-15(14)2)31-25(33)19(24(32)30-26(31)34)10-16-11-20(27)23(21(28)12-16)35-13-17-5-3-4-6-22(17)29/h3-12H,13H2,1-2H3,(H,30,32,34)/b19-10+. The summed E-state index contributed by atoms with van der Waals surface area (Å²) in [5.74, 6) is -0.918. The van der Waals surface area contributed by atoms with Gasteiger partial charge in [-0.1, -0.05) is 35.9 Å². The fourth-order valence-corrected chi connectivity index (χ4v) is 5.13. The third-order valence-electron chi connectivity index (χ3n) is 5.51. The molecule has 3 aromatic carbocycles. The summed E-state index contributed by atoms with van der Waals surface area (Å²) in [6, 6.07) is 15.3. The maximum Gasteiger partial charge on any atom is 0.335 e. The molecule has 0 bridgehead atoms. The number of rotatable bonds is 5. The van der Waals surface area contributed by atoms with Crippen molar-refractivity contribution in [2.45, 2.75) is 20.5 Å². The molecule has 0 radical (unpaired) electrons. The van der Waals surface area contributed by atoms with Crippen LogP contribution < -0.4 is 15.0 Å². The van der Waals surface area contributed by atoms with Gasteiger partial charge in [-0.2, -0.15) is 0 Å². The van der Waals surface area contributed by atoms with Gasteiger partial charge in [-0.25, -0.2) is 9.69 Å². The number of hydrogen-bond acceptors (Lipinski definition) is 4. The number of imide groups is 2. The Kier molecular flexibility index (Phi) is 7.44. The van der Waals surface area contributed by atoms with Crippen molar-refractivity contribution in [3.05, 3.63) is 96.4 Å². The summed E-state index contributed by atoms with van der Waals surface area (Å²) in [7, 11) is 0. The zero-order chi connectivity index (χ0) is 25.3. The van der Waals surface area contributed by atoms with Crippen molar-refractivity contribution in [1.29, 1.82) is 0 Å². The molecule has 9 heteroatoms. The number of benzene rings is 3. The van der Waals surface area contributed by atoms with E-state index >= 15 is 0 Å². The average molecular weight is 619 g/mol. The van der Waals surface area contributed by atoms with E-state index in [1.165, 1.54) is 6.08 Å². The first kappa shape index (κ1) is 25.2. The molecular weight excluding hydrogens is 600 g/mol. The van der Waals surface area contributed by atoms with Gasteiger partial charge in [0.25, 0.3) is 11.8 Å². The predicted molar refractivity (Wildman–Crippen MR) is 143 cm³/mol. The molecule has 4 rings (SSSR count). The second-order valence-corrected chi connectivity index (χ2v) is 10.0. The van der Waals surface area contributed by atoms with E-state index in [4.69, 9.17) is 16.3 Å². The molecule has 4 amide bonds. The Hall–Kier alpha value is -2.94. The molecule has 0 unspecified atom stereocenters. The molecule has 0 atom stereocenters. The number of urea groups is 1. The molecular formula is C26H19Br2ClN2O4. The summed E-state index contributed by atoms with van der Waals surface area (Å²) in [5.41, 5.74) is 3.57. The van der Waals surface area contributed by atoms with E-state index in [-0.39, 0.29) is 12.2 Å². The number of nitrogens with zero attached hydrogens (tertiary/aromatic N) is 1. The molecule has 0 saturated carbocycles. The fourth-order valence-electron chi connectivity index (χ4n) is 3.49. The lowest BCUT2D eigenvalue weighted by Crippen LogP contribution is -2.54. The van der Waals surface area contributed by atoms with Crippen LogP contribution in [0.4, 0.5) is 10.5 Å². The average Bonchev–Trinajstić information content (AvgIpc) is 2.79. The Bertz CT molecular complexity index is 1380. The van der Waals surface area contributed by atoms with Crippen LogP contribution in [0.5, 0.6) is 5.75 Å². The van der Waals surface area contributed by atoms with Crippen molar-refractivity contribution in [1.82, 2.24) is 5.32 Å². The van der Waals surface area contributed by atoms with Gasteiger partial charge in [0.15, 0.2) is 0 Å². The number of anilines is 1. The predicted octanol–water partition coefficient (Wildman–Crippen LogP) is 6.73. The number of barbiturate groups is 1. The van der Waals surface area contributed by atoms with Crippen LogP contribution in [0.2, 0.25) is 5.02 Å². The monoisotopic (exact) mass is 616 g/mol. The molecule has 0 aromatic heterocycles. The van der Waals surface area contributed by atoms with Gasteiger partial charge in [-0.15, -0.1) is 0 Å². The van der Waals surface area contributed by atoms with E-state index < -0.39 is 17.8 Å². The van der Waals surface area contributed by atoms with Crippen molar-refractivity contribution < 1.29 is 19.1 Å². The van der Waals surface area contributed by atoms with Crippen LogP contribution in [-0.4, -0.2) is 17.8 Å². The normalized spacial score (nSPS) is 14.9. The van der Waals surface area contributed by atoms with Gasteiger partial charge in [0.2, 0.25) is 0 Å². The molecule has 1 heterocycles. The Morgan fingerprint density at radius 3 is 2.31 bits per heavy atom. The molecule has 1 saturated heterocycles. The topological polar surface area (TPSA) is 75.7 Å². The Morgan fingerprint density at radius 2 is 1.66 bits per heavy atom. The second-order valence-electron chi connectivity index (χ2n) is 7.92. The molecule has 35 heavy (non-hydrogen) atoms. The first-order chi connectivity index (χ1) is 16.7. The lowest BCUT2D eigenvalue weighted by molar-refractivity contribution is -0.122. The number of amides is 4. The summed E-state index contributed by atoms with van der Waals surface area (Å²) in [5, 5.41) is 2.85. The Labute approximate surface area is 224 Å². The maximum absolute atomic E-state index is 13.2. The van der Waals surface area contributed by atoms with Gasteiger partial charge in [0, 0.05) is 10.6 Å². The molecule has 1 N–H and O–H groups in total. The Balaban J connectivity index is 1.62. The third-order valence-corrected chi connectivity index (χ3v) is 7.06. The highest BCUT2D eigenvalue weighted by molar-refractivity contribution is 9.11. The highest BCUT2D eigenvalue weighted by atomic mass is 79.9. The number of carbonyl (C=O) groups is 3. The van der Waals surface area contributed by atoms with E-state index in [1.54, 1.807) is 30.3 Å². The van der Waals surface area contributed by atoms with Crippen LogP contribution in [0, 0.1) is 13.8 Å². The zero-order valence-electron chi connectivity index (χ0n) is 18.7. The van der Waals surface area contributed by atoms with Crippen LogP contribution in [0.15, 0.2) is 69.1 Å². The number of aryl methyl sites for hydroxylation is 2. The molecule has 3 aromatic rings. The van der Waals surface area contributed by atoms with E-state index in [0.29, 0.717) is 31.0 Å². The maximum atomic E-state index is 13.2. The number of hydrogen-bond donors (Lipinski definition) is 1. The largest absolute Gasteiger partial charge is 0.486 e. The van der Waals surface area contributed by atoms with Gasteiger partial charge in [0.05, 0.1) is 14.6 Å². The summed E-state index contributed by atoms with van der Waals surface area (Å²) in [6.45, 7) is 4.08. The van der Waals surface area contributed by atoms with Crippen molar-refractivity contribution in [2.24, 2.45) is 0 Å². The van der Waals surface area contributed by atoms with Crippen LogP contribution in [-0.2, 0) is 16.2 Å². The van der Waals surface area contributed by atoms with Gasteiger partial charge >= 0.3 is 6.03 Å². The molecule has 1 fully saturated rings. The lowest BCUT2D eigenvalue weighted by atomic mass is 10.0. The van der Waals surface area contributed by atoms with Crippen LogP contribution in [0.1, 0.15) is 22.3 Å². The lowest BCUT2D eigenvalue weighted by Gasteiger charge is -2.27. The zero-order valence-corrected chi connectivity index (χ0v) is 22.6. The SMILES string of the molecule is Cc1ccc(N2C(=O)NC(=O)/C(=C\c3cc(Br)c(OCc4ccccc4Cl)c(Br)c3)C2=O)cc1C. The van der Waals surface area contributed by atoms with Crippen molar-refractivity contribution in [3.8, 4) is 5.75 Å². The molecule has 0 aliphatic carbocycles. The highest BCUT2D eigenvalue weighted by Crippen LogP contribution is 2.36. The van der Waals surface area contributed by atoms with Crippen LogP contribution in [0.25, 0.3) is 6.08 Å². The second kappa shape index (κ2) is 10.4. The molecule has 1 aliphatic heterocycles. The minimum Gasteiger partial charge on any atom is -0.486 e. The van der Waals surface area contributed by atoms with E-state index in [0.717, 1.165) is 21.6 Å². The summed E-state index contributed by atoms with van der Waals surface area (Å²) >= 11 is 13.2. The van der Waals surface area contributed by atoms with E-state index in [1.807, 2.05) is 38.1 Å². The van der Waals surface area contributed by atoms with E-state index in [9.17, 15) is 14.4 Å². The minimum absolute atomic E-state index is 0.161. The molecule has 178 valence electrons. The van der Waals surface area contributed by atoms with Gasteiger partial charge in [0.1, 0.15) is 17.9 Å². The molecule has 0 spiro atoms. The van der Waals surface area contributed by atoms with Gasteiger partial charge < -0.3 is 4.74 Å². The van der Waals surface area contributed by atoms with Crippen LogP contribution in [0.3, 0.4) is 0 Å². The summed E-state index contributed by atoms with van der Waals surface area (Å²) < 4.78 is 7.15. The van der Waals surface area contributed by atoms with Crippen molar-refractivity contribution >= 4 is 73.1 Å². The van der Waals surface area contributed by atoms with Crippen molar-refractivity contribution in [3.63, 3.8) is 0 Å². The van der Waals surface area contributed by atoms with Crippen molar-refractivity contribution in [2.75, 3.05) is 4.90 Å². The fraction of sp³-hybridized carbons (Fsp3) is 0.115.